The average molecular weight is 342 g/mol. The number of hydrogen-bond acceptors (Lipinski definition) is 3. The Morgan fingerprint density at radius 1 is 1.12 bits per heavy atom. The summed E-state index contributed by atoms with van der Waals surface area (Å²) in [7, 11) is 0. The maximum atomic E-state index is 13.9. The Morgan fingerprint density at radius 2 is 1.80 bits per heavy atom. The van der Waals surface area contributed by atoms with E-state index in [1.807, 2.05) is 37.3 Å². The minimum absolute atomic E-state index is 0.137. The molecule has 1 heterocycles. The monoisotopic (exact) mass is 342 g/mol. The summed E-state index contributed by atoms with van der Waals surface area (Å²) in [4.78, 5) is 16.4. The van der Waals surface area contributed by atoms with Gasteiger partial charge in [0.25, 0.3) is 5.91 Å². The van der Waals surface area contributed by atoms with Crippen LogP contribution in [0, 0.1) is 12.7 Å². The Hall–Kier alpha value is -2.24. The molecule has 25 heavy (non-hydrogen) atoms. The van der Waals surface area contributed by atoms with Crippen molar-refractivity contribution in [3.8, 4) is 0 Å². The number of β-amino-alcohol motifs (C(OH)–C–C–N with tert-alkyl or cyclic N) is 1. The number of rotatable bonds is 4. The first-order valence-corrected chi connectivity index (χ1v) is 8.55. The van der Waals surface area contributed by atoms with Crippen LogP contribution in [0.2, 0.25) is 0 Å². The molecule has 0 saturated carbocycles. The number of aliphatic hydroxyl groups excluding tert-OH is 1. The molecule has 0 aliphatic carbocycles. The summed E-state index contributed by atoms with van der Waals surface area (Å²) in [6, 6.07) is 14.2. The molecule has 1 aliphatic heterocycles. The number of aliphatic hydroxyl groups is 1. The molecule has 132 valence electrons. The van der Waals surface area contributed by atoms with Crippen molar-refractivity contribution in [2.75, 3.05) is 32.7 Å². The van der Waals surface area contributed by atoms with E-state index in [1.54, 1.807) is 17.0 Å². The van der Waals surface area contributed by atoms with Crippen molar-refractivity contribution < 1.29 is 14.3 Å². The number of hydrogen-bond donors (Lipinski definition) is 1. The fourth-order valence-corrected chi connectivity index (χ4v) is 3.13. The van der Waals surface area contributed by atoms with Gasteiger partial charge >= 0.3 is 0 Å². The molecule has 0 spiro atoms. The lowest BCUT2D eigenvalue weighted by Gasteiger charge is -2.35. The van der Waals surface area contributed by atoms with Gasteiger partial charge in [-0.25, -0.2) is 4.39 Å². The molecule has 0 bridgehead atoms. The third kappa shape index (κ3) is 4.24. The molecule has 2 aromatic carbocycles. The van der Waals surface area contributed by atoms with Crippen molar-refractivity contribution in [1.29, 1.82) is 0 Å². The third-order valence-corrected chi connectivity index (χ3v) is 4.63. The normalized spacial score (nSPS) is 16.7. The zero-order valence-electron chi connectivity index (χ0n) is 14.4. The molecule has 1 saturated heterocycles. The van der Waals surface area contributed by atoms with E-state index in [1.165, 1.54) is 6.07 Å². The van der Waals surface area contributed by atoms with Gasteiger partial charge in [-0.2, -0.15) is 0 Å². The molecule has 1 N–H and O–H groups in total. The van der Waals surface area contributed by atoms with Crippen LogP contribution in [0.3, 0.4) is 0 Å². The Labute approximate surface area is 147 Å². The first-order valence-electron chi connectivity index (χ1n) is 8.55. The molecule has 1 aliphatic rings. The summed E-state index contributed by atoms with van der Waals surface area (Å²) < 4.78 is 13.9. The molecule has 5 heteroatoms. The van der Waals surface area contributed by atoms with Crippen LogP contribution in [0.5, 0.6) is 0 Å². The molecule has 2 aromatic rings. The Morgan fingerprint density at radius 3 is 2.48 bits per heavy atom. The summed E-state index contributed by atoms with van der Waals surface area (Å²) in [5.41, 5.74) is 1.90. The van der Waals surface area contributed by atoms with Crippen LogP contribution in [0.4, 0.5) is 4.39 Å². The minimum atomic E-state index is -0.544. The number of carbonyl (C=O) groups is 1. The Bertz CT molecular complexity index is 728. The highest BCUT2D eigenvalue weighted by Gasteiger charge is 2.25. The van der Waals surface area contributed by atoms with Gasteiger partial charge in [0.2, 0.25) is 0 Å². The maximum absolute atomic E-state index is 13.9. The first-order chi connectivity index (χ1) is 12.0. The highest BCUT2D eigenvalue weighted by molar-refractivity contribution is 5.94. The van der Waals surface area contributed by atoms with Gasteiger partial charge in [-0.15, -0.1) is 0 Å². The topological polar surface area (TPSA) is 43.8 Å². The van der Waals surface area contributed by atoms with E-state index < -0.39 is 11.9 Å². The van der Waals surface area contributed by atoms with Gasteiger partial charge in [-0.1, -0.05) is 42.0 Å². The van der Waals surface area contributed by atoms with E-state index >= 15 is 0 Å². The van der Waals surface area contributed by atoms with Gasteiger partial charge in [0.15, 0.2) is 0 Å². The van der Waals surface area contributed by atoms with E-state index in [2.05, 4.69) is 4.90 Å². The Balaban J connectivity index is 1.56. The zero-order chi connectivity index (χ0) is 17.8. The van der Waals surface area contributed by atoms with Crippen LogP contribution < -0.4 is 0 Å². The maximum Gasteiger partial charge on any atom is 0.256 e. The lowest BCUT2D eigenvalue weighted by Crippen LogP contribution is -2.49. The smallest absolute Gasteiger partial charge is 0.256 e. The van der Waals surface area contributed by atoms with Crippen molar-refractivity contribution in [3.05, 3.63) is 71.0 Å². The van der Waals surface area contributed by atoms with Gasteiger partial charge < -0.3 is 10.0 Å². The van der Waals surface area contributed by atoms with Gasteiger partial charge in [-0.05, 0) is 24.6 Å². The molecular formula is C20H23FN2O2. The zero-order valence-corrected chi connectivity index (χ0v) is 14.4. The minimum Gasteiger partial charge on any atom is -0.387 e. The van der Waals surface area contributed by atoms with Crippen LogP contribution >= 0.6 is 0 Å². The lowest BCUT2D eigenvalue weighted by molar-refractivity contribution is 0.0524. The molecule has 1 fully saturated rings. The summed E-state index contributed by atoms with van der Waals surface area (Å²) in [6.45, 7) is 4.79. The third-order valence-electron chi connectivity index (χ3n) is 4.63. The standard InChI is InChI=1S/C20H23FN2O2/c1-15-7-8-18(21)17(13-15)20(25)23-11-9-22(10-12-23)14-19(24)16-5-3-2-4-6-16/h2-8,13,19,24H,9-12,14H2,1H3/t19-/m0/s1. The quantitative estimate of drug-likeness (QED) is 0.929. The van der Waals surface area contributed by atoms with Crippen molar-refractivity contribution in [2.45, 2.75) is 13.0 Å². The number of nitrogens with zero attached hydrogens (tertiary/aromatic N) is 2. The predicted molar refractivity (Wildman–Crippen MR) is 94.9 cm³/mol. The Kier molecular flexibility index (Phi) is 5.46. The highest BCUT2D eigenvalue weighted by Crippen LogP contribution is 2.17. The van der Waals surface area contributed by atoms with Crippen LogP contribution in [-0.2, 0) is 0 Å². The average Bonchev–Trinajstić information content (AvgIpc) is 2.64. The SMILES string of the molecule is Cc1ccc(F)c(C(=O)N2CCN(C[C@H](O)c3ccccc3)CC2)c1. The van der Waals surface area contributed by atoms with E-state index in [0.29, 0.717) is 32.7 Å². The number of halogens is 1. The molecule has 1 atom stereocenters. The fourth-order valence-electron chi connectivity index (χ4n) is 3.13. The van der Waals surface area contributed by atoms with Crippen molar-refractivity contribution >= 4 is 5.91 Å². The number of carbonyl (C=O) groups excluding carboxylic acids is 1. The van der Waals surface area contributed by atoms with Gasteiger partial charge in [-0.3, -0.25) is 9.69 Å². The second-order valence-corrected chi connectivity index (χ2v) is 6.50. The summed E-state index contributed by atoms with van der Waals surface area (Å²) in [5, 5.41) is 10.3. The molecule has 0 unspecified atom stereocenters. The number of benzene rings is 2. The van der Waals surface area contributed by atoms with Crippen LogP contribution in [-0.4, -0.2) is 53.5 Å². The largest absolute Gasteiger partial charge is 0.387 e. The van der Waals surface area contributed by atoms with E-state index in [4.69, 9.17) is 0 Å². The van der Waals surface area contributed by atoms with Gasteiger partial charge in [0, 0.05) is 32.7 Å². The fraction of sp³-hybridized carbons (Fsp3) is 0.350. The second kappa shape index (κ2) is 7.76. The summed E-state index contributed by atoms with van der Waals surface area (Å²) in [6.07, 6.45) is -0.544. The van der Waals surface area contributed by atoms with Gasteiger partial charge in [0.05, 0.1) is 11.7 Å². The van der Waals surface area contributed by atoms with Crippen molar-refractivity contribution in [3.63, 3.8) is 0 Å². The van der Waals surface area contributed by atoms with Crippen molar-refractivity contribution in [1.82, 2.24) is 9.80 Å². The van der Waals surface area contributed by atoms with Crippen LogP contribution in [0.15, 0.2) is 48.5 Å². The first kappa shape index (κ1) is 17.6. The summed E-state index contributed by atoms with van der Waals surface area (Å²) >= 11 is 0. The van der Waals surface area contributed by atoms with Gasteiger partial charge in [0.1, 0.15) is 5.82 Å². The molecule has 0 aromatic heterocycles. The number of piperazine rings is 1. The number of amides is 1. The number of aryl methyl sites for hydroxylation is 1. The molecule has 4 nitrogen and oxygen atoms in total. The van der Waals surface area contributed by atoms with Crippen molar-refractivity contribution in [2.24, 2.45) is 0 Å². The van der Waals surface area contributed by atoms with Crippen LogP contribution in [0.1, 0.15) is 27.6 Å². The van der Waals surface area contributed by atoms with Crippen LogP contribution in [0.25, 0.3) is 0 Å². The lowest BCUT2D eigenvalue weighted by atomic mass is 10.1. The van der Waals surface area contributed by atoms with E-state index in [9.17, 15) is 14.3 Å². The van der Waals surface area contributed by atoms with E-state index in [0.717, 1.165) is 11.1 Å². The predicted octanol–water partition coefficient (Wildman–Crippen LogP) is 2.63. The molecular weight excluding hydrogens is 319 g/mol. The molecule has 1 amide bonds. The highest BCUT2D eigenvalue weighted by atomic mass is 19.1. The summed E-state index contributed by atoms with van der Waals surface area (Å²) in [5.74, 6) is -0.734. The molecule has 0 radical (unpaired) electrons. The van der Waals surface area contributed by atoms with E-state index in [-0.39, 0.29) is 11.5 Å². The molecule has 3 rings (SSSR count). The second-order valence-electron chi connectivity index (χ2n) is 6.50.